The fraction of sp³-hybridized carbons (Fsp3) is 0.964. The van der Waals surface area contributed by atoms with Crippen LogP contribution in [0.2, 0.25) is 0 Å². The number of hydrogen-bond acceptors (Lipinski definition) is 5. The second-order valence-corrected chi connectivity index (χ2v) is 19.7. The zero-order chi connectivity index (χ0) is 45.2. The van der Waals surface area contributed by atoms with Crippen LogP contribution < -0.4 is 5.32 Å². The Labute approximate surface area is 387 Å². The molecule has 0 bridgehead atoms. The summed E-state index contributed by atoms with van der Waals surface area (Å²) in [5, 5.41) is 23.8. The molecular weight excluding hydrogens is 767 g/mol. The van der Waals surface area contributed by atoms with E-state index in [4.69, 9.17) is 4.74 Å². The fourth-order valence-electron chi connectivity index (χ4n) is 9.14. The Hall–Kier alpha value is -1.14. The van der Waals surface area contributed by atoms with Gasteiger partial charge in [0, 0.05) is 6.42 Å². The molecule has 370 valence electrons. The van der Waals surface area contributed by atoms with Gasteiger partial charge < -0.3 is 20.3 Å². The minimum absolute atomic E-state index is 0.0870. The lowest BCUT2D eigenvalue weighted by Crippen LogP contribution is -2.46. The molecule has 0 heterocycles. The van der Waals surface area contributed by atoms with Crippen LogP contribution >= 0.6 is 0 Å². The van der Waals surface area contributed by atoms with Crippen LogP contribution in [0.5, 0.6) is 0 Å². The van der Waals surface area contributed by atoms with Crippen LogP contribution in [0.3, 0.4) is 0 Å². The Morgan fingerprint density at radius 1 is 0.403 bits per heavy atom. The van der Waals surface area contributed by atoms with Crippen molar-refractivity contribution in [1.29, 1.82) is 0 Å². The summed E-state index contributed by atoms with van der Waals surface area (Å²) in [7, 11) is 0. The van der Waals surface area contributed by atoms with Gasteiger partial charge in [-0.15, -0.1) is 0 Å². The highest BCUT2D eigenvalue weighted by molar-refractivity contribution is 5.77. The SMILES string of the molecule is CCCCCCCCCCCCCCCCCCCCC(=O)OC(CCCCCCCCCC)CC(=O)NC(CO)C(O)CCCCCCCCCCCCCCCCCCC. The summed E-state index contributed by atoms with van der Waals surface area (Å²) in [6.07, 6.45) is 56.1. The number of carbonyl (C=O) groups is 2. The lowest BCUT2D eigenvalue weighted by molar-refractivity contribution is -0.151. The van der Waals surface area contributed by atoms with Gasteiger partial charge in [-0.3, -0.25) is 9.59 Å². The van der Waals surface area contributed by atoms with Crippen molar-refractivity contribution >= 4 is 11.9 Å². The molecule has 62 heavy (non-hydrogen) atoms. The van der Waals surface area contributed by atoms with Crippen LogP contribution in [-0.4, -0.2) is 46.9 Å². The first kappa shape index (κ1) is 60.9. The van der Waals surface area contributed by atoms with E-state index in [1.807, 2.05) is 0 Å². The van der Waals surface area contributed by atoms with E-state index in [0.717, 1.165) is 38.5 Å². The third-order valence-corrected chi connectivity index (χ3v) is 13.4. The Bertz CT molecular complexity index is 898. The second kappa shape index (κ2) is 50.9. The molecule has 0 aromatic rings. The van der Waals surface area contributed by atoms with Gasteiger partial charge in [0.2, 0.25) is 5.91 Å². The maximum atomic E-state index is 13.2. The van der Waals surface area contributed by atoms with Gasteiger partial charge in [-0.25, -0.2) is 0 Å². The molecule has 0 aromatic carbocycles. The molecule has 3 atom stereocenters. The topological polar surface area (TPSA) is 95.9 Å². The van der Waals surface area contributed by atoms with E-state index in [1.165, 1.54) is 238 Å². The first-order chi connectivity index (χ1) is 30.5. The largest absolute Gasteiger partial charge is 0.462 e. The van der Waals surface area contributed by atoms with Crippen molar-refractivity contribution in [3.63, 3.8) is 0 Å². The number of rotatable bonds is 52. The standard InChI is InChI=1S/C56H111NO5/c1-4-7-10-13-16-19-21-23-25-27-29-31-33-35-37-40-43-46-49-56(61)62-52(47-44-41-38-18-15-12-9-6-3)50-55(60)57-53(51-58)54(59)48-45-42-39-36-34-32-30-28-26-24-22-20-17-14-11-8-5-2/h52-54,58-59H,4-51H2,1-3H3,(H,57,60). The van der Waals surface area contributed by atoms with Crippen LogP contribution in [0.4, 0.5) is 0 Å². The average Bonchev–Trinajstić information content (AvgIpc) is 3.26. The number of amides is 1. The first-order valence-electron chi connectivity index (χ1n) is 28.3. The minimum atomic E-state index is -0.779. The normalized spacial score (nSPS) is 13.0. The predicted molar refractivity (Wildman–Crippen MR) is 269 cm³/mol. The number of aliphatic hydroxyl groups is 2. The van der Waals surface area contributed by atoms with Crippen LogP contribution in [0, 0.1) is 0 Å². The van der Waals surface area contributed by atoms with E-state index in [-0.39, 0.29) is 24.9 Å². The van der Waals surface area contributed by atoms with E-state index >= 15 is 0 Å². The van der Waals surface area contributed by atoms with Crippen molar-refractivity contribution in [1.82, 2.24) is 5.32 Å². The molecule has 0 spiro atoms. The highest BCUT2D eigenvalue weighted by Crippen LogP contribution is 2.19. The van der Waals surface area contributed by atoms with Crippen LogP contribution in [0.15, 0.2) is 0 Å². The monoisotopic (exact) mass is 878 g/mol. The maximum absolute atomic E-state index is 13.2. The van der Waals surface area contributed by atoms with Gasteiger partial charge in [0.05, 0.1) is 25.2 Å². The molecule has 6 nitrogen and oxygen atoms in total. The summed E-state index contributed by atoms with van der Waals surface area (Å²) in [6, 6.07) is -0.692. The summed E-state index contributed by atoms with van der Waals surface area (Å²) < 4.78 is 5.93. The molecule has 0 rings (SSSR count). The zero-order valence-corrected chi connectivity index (χ0v) is 42.3. The van der Waals surface area contributed by atoms with Gasteiger partial charge in [-0.05, 0) is 25.7 Å². The van der Waals surface area contributed by atoms with E-state index in [1.54, 1.807) is 0 Å². The molecule has 1 amide bonds. The van der Waals surface area contributed by atoms with Crippen molar-refractivity contribution in [3.8, 4) is 0 Å². The van der Waals surface area contributed by atoms with Gasteiger partial charge in [-0.1, -0.05) is 284 Å². The summed E-state index contributed by atoms with van der Waals surface area (Å²) in [5.74, 6) is -0.451. The number of ether oxygens (including phenoxy) is 1. The smallest absolute Gasteiger partial charge is 0.306 e. The molecule has 0 saturated carbocycles. The van der Waals surface area contributed by atoms with Gasteiger partial charge in [-0.2, -0.15) is 0 Å². The maximum Gasteiger partial charge on any atom is 0.306 e. The quantitative estimate of drug-likeness (QED) is 0.0418. The lowest BCUT2D eigenvalue weighted by Gasteiger charge is -2.24. The number of carbonyl (C=O) groups excluding carboxylic acids is 2. The number of esters is 1. The summed E-state index contributed by atoms with van der Waals surface area (Å²) in [6.45, 7) is 6.51. The lowest BCUT2D eigenvalue weighted by atomic mass is 10.0. The third kappa shape index (κ3) is 45.4. The summed E-state index contributed by atoms with van der Waals surface area (Å²) >= 11 is 0. The van der Waals surface area contributed by atoms with Crippen LogP contribution in [0.1, 0.15) is 323 Å². The third-order valence-electron chi connectivity index (χ3n) is 13.4. The fourth-order valence-corrected chi connectivity index (χ4v) is 9.14. The number of unbranched alkanes of at least 4 members (excludes halogenated alkanes) is 40. The average molecular weight is 879 g/mol. The molecule has 6 heteroatoms. The van der Waals surface area contributed by atoms with Crippen molar-refractivity contribution < 1.29 is 24.5 Å². The minimum Gasteiger partial charge on any atom is -0.462 e. The van der Waals surface area contributed by atoms with E-state index < -0.39 is 18.2 Å². The molecular formula is C56H111NO5. The Kier molecular flexibility index (Phi) is 49.9. The molecule has 0 saturated heterocycles. The van der Waals surface area contributed by atoms with Gasteiger partial charge >= 0.3 is 5.97 Å². The molecule has 0 aliphatic rings. The summed E-state index contributed by atoms with van der Waals surface area (Å²) in [4.78, 5) is 26.1. The first-order valence-corrected chi connectivity index (χ1v) is 28.3. The Morgan fingerprint density at radius 2 is 0.677 bits per heavy atom. The van der Waals surface area contributed by atoms with E-state index in [0.29, 0.717) is 19.3 Å². The molecule has 0 aliphatic heterocycles. The van der Waals surface area contributed by atoms with Crippen molar-refractivity contribution in [3.05, 3.63) is 0 Å². The van der Waals surface area contributed by atoms with Gasteiger partial charge in [0.15, 0.2) is 0 Å². The van der Waals surface area contributed by atoms with Crippen molar-refractivity contribution in [2.24, 2.45) is 0 Å². The van der Waals surface area contributed by atoms with Gasteiger partial charge in [0.25, 0.3) is 0 Å². The van der Waals surface area contributed by atoms with E-state index in [2.05, 4.69) is 26.1 Å². The molecule has 3 unspecified atom stereocenters. The number of nitrogens with one attached hydrogen (secondary N) is 1. The second-order valence-electron chi connectivity index (χ2n) is 19.7. The van der Waals surface area contributed by atoms with Gasteiger partial charge in [0.1, 0.15) is 6.10 Å². The van der Waals surface area contributed by atoms with Crippen LogP contribution in [-0.2, 0) is 14.3 Å². The summed E-state index contributed by atoms with van der Waals surface area (Å²) in [5.41, 5.74) is 0. The molecule has 0 fully saturated rings. The molecule has 0 aromatic heterocycles. The molecule has 0 aliphatic carbocycles. The highest BCUT2D eigenvalue weighted by atomic mass is 16.5. The van der Waals surface area contributed by atoms with E-state index in [9.17, 15) is 19.8 Å². The Morgan fingerprint density at radius 3 is 0.984 bits per heavy atom. The highest BCUT2D eigenvalue weighted by Gasteiger charge is 2.24. The Balaban J connectivity index is 4.28. The number of aliphatic hydroxyl groups excluding tert-OH is 2. The zero-order valence-electron chi connectivity index (χ0n) is 42.3. The number of hydrogen-bond donors (Lipinski definition) is 3. The van der Waals surface area contributed by atoms with Crippen molar-refractivity contribution in [2.75, 3.05) is 6.61 Å². The van der Waals surface area contributed by atoms with Crippen LogP contribution in [0.25, 0.3) is 0 Å². The van der Waals surface area contributed by atoms with Crippen molar-refractivity contribution in [2.45, 2.75) is 341 Å². The molecule has 3 N–H and O–H groups in total. The predicted octanol–water partition coefficient (Wildman–Crippen LogP) is 17.1. The molecule has 0 radical (unpaired) electrons.